The van der Waals surface area contributed by atoms with Gasteiger partial charge in [-0.05, 0) is 57.4 Å². The van der Waals surface area contributed by atoms with Gasteiger partial charge in [-0.3, -0.25) is 4.79 Å². The van der Waals surface area contributed by atoms with Gasteiger partial charge in [-0.15, -0.1) is 0 Å². The fourth-order valence-corrected chi connectivity index (χ4v) is 3.54. The Morgan fingerprint density at radius 3 is 2.63 bits per heavy atom. The van der Waals surface area contributed by atoms with Crippen LogP contribution in [0.25, 0.3) is 0 Å². The summed E-state index contributed by atoms with van der Waals surface area (Å²) in [6.07, 6.45) is 1.47. The lowest BCUT2D eigenvalue weighted by Gasteiger charge is -2.13. The van der Waals surface area contributed by atoms with E-state index in [-0.39, 0.29) is 11.3 Å². The minimum Gasteiger partial charge on any atom is -0.507 e. The molecule has 6 nitrogen and oxygen atoms in total. The summed E-state index contributed by atoms with van der Waals surface area (Å²) in [7, 11) is 1.55. The highest BCUT2D eigenvalue weighted by atomic mass is 79.9. The van der Waals surface area contributed by atoms with E-state index in [2.05, 4.69) is 42.4 Å². The molecule has 0 heterocycles. The molecule has 0 aromatic heterocycles. The van der Waals surface area contributed by atoms with Crippen LogP contribution in [0.3, 0.4) is 0 Å². The zero-order chi connectivity index (χ0) is 21.5. The maximum atomic E-state index is 12.2. The van der Waals surface area contributed by atoms with Crippen molar-refractivity contribution in [2.45, 2.75) is 6.61 Å². The lowest BCUT2D eigenvalue weighted by molar-refractivity contribution is 0.0952. The van der Waals surface area contributed by atoms with Gasteiger partial charge in [0.05, 0.1) is 23.4 Å². The summed E-state index contributed by atoms with van der Waals surface area (Å²) in [4.78, 5) is 12.2. The molecule has 3 aromatic rings. The first kappa shape index (κ1) is 21.9. The van der Waals surface area contributed by atoms with Gasteiger partial charge in [0.2, 0.25) is 0 Å². The van der Waals surface area contributed by atoms with Crippen molar-refractivity contribution >= 4 is 44.0 Å². The molecule has 154 valence electrons. The number of ether oxygens (including phenoxy) is 2. The molecule has 0 aliphatic rings. The standard InChI is InChI=1S/C22H18Br2N2O4/c1-29-20-10-15(9-18(24)21(20)30-13-14-5-3-2-4-6-14)12-25-26-22(28)17-11-16(23)7-8-19(17)27/h2-12,27H,13H2,1H3,(H,26,28)/b25-12+. The van der Waals surface area contributed by atoms with Gasteiger partial charge in [-0.1, -0.05) is 46.3 Å². The zero-order valence-corrected chi connectivity index (χ0v) is 19.1. The SMILES string of the molecule is COc1cc(/C=N/NC(=O)c2cc(Br)ccc2O)cc(Br)c1OCc1ccccc1. The van der Waals surface area contributed by atoms with E-state index >= 15 is 0 Å². The quantitative estimate of drug-likeness (QED) is 0.320. The predicted molar refractivity (Wildman–Crippen MR) is 122 cm³/mol. The van der Waals surface area contributed by atoms with Gasteiger partial charge in [-0.25, -0.2) is 5.43 Å². The maximum Gasteiger partial charge on any atom is 0.275 e. The molecule has 0 fully saturated rings. The summed E-state index contributed by atoms with van der Waals surface area (Å²) >= 11 is 6.76. The Labute approximate surface area is 190 Å². The first-order valence-corrected chi connectivity index (χ1v) is 10.4. The van der Waals surface area contributed by atoms with Gasteiger partial charge in [-0.2, -0.15) is 5.10 Å². The molecule has 0 bridgehead atoms. The third kappa shape index (κ3) is 5.61. The largest absolute Gasteiger partial charge is 0.507 e. The van der Waals surface area contributed by atoms with Gasteiger partial charge < -0.3 is 14.6 Å². The molecule has 30 heavy (non-hydrogen) atoms. The van der Waals surface area contributed by atoms with E-state index < -0.39 is 5.91 Å². The van der Waals surface area contributed by atoms with Crippen LogP contribution in [-0.2, 0) is 6.61 Å². The van der Waals surface area contributed by atoms with E-state index in [0.29, 0.717) is 32.6 Å². The van der Waals surface area contributed by atoms with Crippen molar-refractivity contribution in [3.63, 3.8) is 0 Å². The van der Waals surface area contributed by atoms with Crippen LogP contribution in [0.5, 0.6) is 17.2 Å². The summed E-state index contributed by atoms with van der Waals surface area (Å²) in [5.41, 5.74) is 4.23. The number of methoxy groups -OCH3 is 1. The molecule has 3 aromatic carbocycles. The lowest BCUT2D eigenvalue weighted by Crippen LogP contribution is -2.17. The molecular formula is C22H18Br2N2O4. The lowest BCUT2D eigenvalue weighted by atomic mass is 10.2. The van der Waals surface area contributed by atoms with Gasteiger partial charge in [0.1, 0.15) is 12.4 Å². The number of hydrogen-bond acceptors (Lipinski definition) is 5. The number of aromatic hydroxyl groups is 1. The molecule has 1 amide bonds. The molecule has 0 radical (unpaired) electrons. The second-order valence-electron chi connectivity index (χ2n) is 6.17. The normalized spacial score (nSPS) is 10.8. The molecule has 0 aliphatic carbocycles. The highest BCUT2D eigenvalue weighted by molar-refractivity contribution is 9.10. The van der Waals surface area contributed by atoms with Crippen LogP contribution in [0.4, 0.5) is 0 Å². The van der Waals surface area contributed by atoms with Crippen molar-refractivity contribution in [1.82, 2.24) is 5.43 Å². The Morgan fingerprint density at radius 1 is 1.13 bits per heavy atom. The third-order valence-corrected chi connectivity index (χ3v) is 5.14. The Morgan fingerprint density at radius 2 is 1.90 bits per heavy atom. The van der Waals surface area contributed by atoms with Crippen molar-refractivity contribution in [2.75, 3.05) is 7.11 Å². The first-order chi connectivity index (χ1) is 14.5. The molecule has 0 spiro atoms. The van der Waals surface area contributed by atoms with E-state index in [0.717, 1.165) is 5.56 Å². The van der Waals surface area contributed by atoms with Crippen molar-refractivity contribution < 1.29 is 19.4 Å². The van der Waals surface area contributed by atoms with Crippen molar-refractivity contribution in [1.29, 1.82) is 0 Å². The number of benzene rings is 3. The van der Waals surface area contributed by atoms with E-state index in [1.165, 1.54) is 18.3 Å². The minimum absolute atomic E-state index is 0.116. The van der Waals surface area contributed by atoms with E-state index in [9.17, 15) is 9.90 Å². The van der Waals surface area contributed by atoms with Crippen LogP contribution in [0.1, 0.15) is 21.5 Å². The fourth-order valence-electron chi connectivity index (χ4n) is 2.60. The fraction of sp³-hybridized carbons (Fsp3) is 0.0909. The zero-order valence-electron chi connectivity index (χ0n) is 15.9. The molecular weight excluding hydrogens is 516 g/mol. The van der Waals surface area contributed by atoms with Crippen molar-refractivity contribution in [3.05, 3.63) is 86.3 Å². The molecule has 0 unspecified atom stereocenters. The molecule has 3 rings (SSSR count). The Kier molecular flexibility index (Phi) is 7.48. The second-order valence-corrected chi connectivity index (χ2v) is 7.94. The first-order valence-electron chi connectivity index (χ1n) is 8.84. The van der Waals surface area contributed by atoms with Crippen LogP contribution in [0.2, 0.25) is 0 Å². The van der Waals surface area contributed by atoms with E-state index in [1.54, 1.807) is 25.3 Å². The number of rotatable bonds is 7. The van der Waals surface area contributed by atoms with Crippen molar-refractivity contribution in [2.24, 2.45) is 5.10 Å². The van der Waals surface area contributed by atoms with Crippen molar-refractivity contribution in [3.8, 4) is 17.2 Å². The van der Waals surface area contributed by atoms with Crippen LogP contribution < -0.4 is 14.9 Å². The molecule has 2 N–H and O–H groups in total. The smallest absolute Gasteiger partial charge is 0.275 e. The Balaban J connectivity index is 1.71. The summed E-state index contributed by atoms with van der Waals surface area (Å²) in [6.45, 7) is 0.398. The second kappa shape index (κ2) is 10.3. The number of nitrogens with one attached hydrogen (secondary N) is 1. The third-order valence-electron chi connectivity index (χ3n) is 4.06. The number of hydrogen-bond donors (Lipinski definition) is 2. The molecule has 0 saturated carbocycles. The molecule has 0 saturated heterocycles. The number of halogens is 2. The molecule has 0 atom stereocenters. The summed E-state index contributed by atoms with van der Waals surface area (Å²) in [5.74, 6) is 0.438. The number of carbonyl (C=O) groups is 1. The van der Waals surface area contributed by atoms with Gasteiger partial charge >= 0.3 is 0 Å². The number of amides is 1. The minimum atomic E-state index is -0.529. The number of nitrogens with zero attached hydrogens (tertiary/aromatic N) is 1. The topological polar surface area (TPSA) is 80.2 Å². The van der Waals surface area contributed by atoms with Gasteiger partial charge in [0.25, 0.3) is 5.91 Å². The van der Waals surface area contributed by atoms with Gasteiger partial charge in [0, 0.05) is 4.47 Å². The number of carbonyl (C=O) groups excluding carboxylic acids is 1. The Bertz CT molecular complexity index is 1070. The highest BCUT2D eigenvalue weighted by Crippen LogP contribution is 2.36. The van der Waals surface area contributed by atoms with Crippen LogP contribution >= 0.6 is 31.9 Å². The molecule has 8 heteroatoms. The monoisotopic (exact) mass is 532 g/mol. The predicted octanol–water partition coefficient (Wildman–Crippen LogP) is 5.27. The van der Waals surface area contributed by atoms with Crippen LogP contribution in [-0.4, -0.2) is 24.3 Å². The van der Waals surface area contributed by atoms with E-state index in [4.69, 9.17) is 9.47 Å². The van der Waals surface area contributed by atoms with Gasteiger partial charge in [0.15, 0.2) is 11.5 Å². The summed E-state index contributed by atoms with van der Waals surface area (Å²) in [5, 5.41) is 13.8. The Hall–Kier alpha value is -2.84. The van der Waals surface area contributed by atoms with Crippen LogP contribution in [0, 0.1) is 0 Å². The average Bonchev–Trinajstić information content (AvgIpc) is 2.75. The highest BCUT2D eigenvalue weighted by Gasteiger charge is 2.13. The molecule has 0 aliphatic heterocycles. The average molecular weight is 534 g/mol. The summed E-state index contributed by atoms with van der Waals surface area (Å²) < 4.78 is 12.7. The number of phenols is 1. The maximum absolute atomic E-state index is 12.2. The van der Waals surface area contributed by atoms with Crippen LogP contribution in [0.15, 0.2) is 74.7 Å². The van der Waals surface area contributed by atoms with E-state index in [1.807, 2.05) is 30.3 Å². The number of phenolic OH excluding ortho intramolecular Hbond substituents is 1. The summed E-state index contributed by atoms with van der Waals surface area (Å²) in [6, 6.07) is 17.9. The number of hydrazone groups is 1.